The van der Waals surface area contributed by atoms with Crippen molar-refractivity contribution in [3.63, 3.8) is 0 Å². The van der Waals surface area contributed by atoms with E-state index in [1.54, 1.807) is 12.1 Å². The van der Waals surface area contributed by atoms with Crippen molar-refractivity contribution in [1.29, 1.82) is 0 Å². The second kappa shape index (κ2) is 6.57. The van der Waals surface area contributed by atoms with Gasteiger partial charge in [-0.2, -0.15) is 4.52 Å². The minimum absolute atomic E-state index is 0.246. The number of ether oxygens (including phenoxy) is 1. The third-order valence-corrected chi connectivity index (χ3v) is 4.96. The Balaban J connectivity index is 1.71. The molecule has 0 bridgehead atoms. The largest absolute Gasteiger partial charge is 0.468 e. The first-order valence-electron chi connectivity index (χ1n) is 8.44. The number of halogens is 2. The van der Waals surface area contributed by atoms with E-state index in [9.17, 15) is 13.6 Å². The summed E-state index contributed by atoms with van der Waals surface area (Å²) in [5, 5.41) is 11.5. The van der Waals surface area contributed by atoms with Gasteiger partial charge in [0, 0.05) is 13.1 Å². The van der Waals surface area contributed by atoms with Crippen LogP contribution in [0.3, 0.4) is 0 Å². The molecule has 3 aromatic rings. The van der Waals surface area contributed by atoms with E-state index in [1.165, 1.54) is 7.11 Å². The van der Waals surface area contributed by atoms with E-state index in [0.29, 0.717) is 25.3 Å². The Kier molecular flexibility index (Phi) is 4.21. The monoisotopic (exact) mass is 373 g/mol. The van der Waals surface area contributed by atoms with Gasteiger partial charge in [-0.05, 0) is 24.1 Å². The highest BCUT2D eigenvalue weighted by atomic mass is 19.3. The van der Waals surface area contributed by atoms with Crippen LogP contribution < -0.4 is 4.90 Å². The van der Waals surface area contributed by atoms with Crippen molar-refractivity contribution < 1.29 is 18.3 Å². The zero-order valence-electron chi connectivity index (χ0n) is 14.5. The highest BCUT2D eigenvalue weighted by Gasteiger charge is 2.47. The number of nitrogens with zero attached hydrogens (tertiary/aromatic N) is 5. The minimum atomic E-state index is -2.78. The van der Waals surface area contributed by atoms with Crippen LogP contribution in [-0.4, -0.2) is 46.0 Å². The third-order valence-electron chi connectivity index (χ3n) is 4.96. The van der Waals surface area contributed by atoms with Crippen molar-refractivity contribution in [2.75, 3.05) is 25.1 Å². The summed E-state index contributed by atoms with van der Waals surface area (Å²) in [5.74, 6) is -0.353. The van der Waals surface area contributed by atoms with E-state index < -0.39 is 17.7 Å². The highest BCUT2D eigenvalue weighted by Crippen LogP contribution is 2.37. The molecule has 0 spiro atoms. The van der Waals surface area contributed by atoms with E-state index in [1.807, 2.05) is 35.2 Å². The van der Waals surface area contributed by atoms with Gasteiger partial charge < -0.3 is 9.64 Å². The lowest BCUT2D eigenvalue weighted by Gasteiger charge is -2.27. The molecule has 1 saturated heterocycles. The predicted molar refractivity (Wildman–Crippen MR) is 92.7 cm³/mol. The topological polar surface area (TPSA) is 72.6 Å². The Hall–Kier alpha value is -3.10. The van der Waals surface area contributed by atoms with Crippen molar-refractivity contribution in [1.82, 2.24) is 19.8 Å². The van der Waals surface area contributed by atoms with E-state index in [-0.39, 0.29) is 11.6 Å². The molecule has 0 amide bonds. The van der Waals surface area contributed by atoms with E-state index in [4.69, 9.17) is 4.74 Å². The summed E-state index contributed by atoms with van der Waals surface area (Å²) in [6.45, 7) is 0.878. The Morgan fingerprint density at radius 2 is 1.96 bits per heavy atom. The lowest BCUT2D eigenvalue weighted by Crippen LogP contribution is -2.40. The number of aromatic nitrogens is 4. The van der Waals surface area contributed by atoms with Crippen LogP contribution >= 0.6 is 0 Å². The highest BCUT2D eigenvalue weighted by molar-refractivity contribution is 5.85. The fraction of sp³-hybridized carbons (Fsp3) is 0.333. The molecule has 1 unspecified atom stereocenters. The summed E-state index contributed by atoms with van der Waals surface area (Å²) >= 11 is 0. The number of hydrogen-bond donors (Lipinski definition) is 0. The van der Waals surface area contributed by atoms with Crippen molar-refractivity contribution >= 4 is 17.4 Å². The van der Waals surface area contributed by atoms with E-state index in [2.05, 4.69) is 15.3 Å². The van der Waals surface area contributed by atoms with Gasteiger partial charge in [-0.25, -0.2) is 8.78 Å². The van der Waals surface area contributed by atoms with Gasteiger partial charge in [-0.3, -0.25) is 4.79 Å². The van der Waals surface area contributed by atoms with Crippen LogP contribution in [0.25, 0.3) is 5.65 Å². The van der Waals surface area contributed by atoms with Crippen molar-refractivity contribution in [3.05, 3.63) is 53.9 Å². The first-order valence-corrected chi connectivity index (χ1v) is 8.44. The van der Waals surface area contributed by atoms with Crippen molar-refractivity contribution in [2.45, 2.75) is 18.3 Å². The molecule has 1 atom stereocenters. The van der Waals surface area contributed by atoms with E-state index >= 15 is 0 Å². The molecule has 0 aliphatic carbocycles. The SMILES string of the molecule is COC(=O)C1(c2ccccc2)CCN(c2ccc3nnc(C(F)F)n3n2)C1. The van der Waals surface area contributed by atoms with Crippen LogP contribution in [0.5, 0.6) is 0 Å². The van der Waals surface area contributed by atoms with Crippen molar-refractivity contribution in [2.24, 2.45) is 0 Å². The second-order valence-corrected chi connectivity index (χ2v) is 6.43. The quantitative estimate of drug-likeness (QED) is 0.654. The molecule has 27 heavy (non-hydrogen) atoms. The fourth-order valence-corrected chi connectivity index (χ4v) is 3.58. The summed E-state index contributed by atoms with van der Waals surface area (Å²) in [6.07, 6.45) is -2.24. The average Bonchev–Trinajstić information content (AvgIpc) is 3.33. The van der Waals surface area contributed by atoms with Crippen LogP contribution in [0, 0.1) is 0 Å². The normalized spacial score (nSPS) is 19.8. The van der Waals surface area contributed by atoms with Gasteiger partial charge in [-0.15, -0.1) is 15.3 Å². The van der Waals surface area contributed by atoms with Gasteiger partial charge in [0.2, 0.25) is 5.82 Å². The van der Waals surface area contributed by atoms with Crippen molar-refractivity contribution in [3.8, 4) is 0 Å². The molecule has 3 heterocycles. The molecular formula is C18H17F2N5O2. The molecular weight excluding hydrogens is 356 g/mol. The standard InChI is InChI=1S/C18H17F2N5O2/c1-27-17(26)18(12-5-3-2-4-6-12)9-10-24(11-18)14-8-7-13-21-22-16(15(19)20)25(13)23-14/h2-8,15H,9-11H2,1H3. The van der Waals surface area contributed by atoms with Crippen LogP contribution in [0.1, 0.15) is 24.2 Å². The molecule has 0 radical (unpaired) electrons. The van der Waals surface area contributed by atoms with Crippen LogP contribution in [0.15, 0.2) is 42.5 Å². The van der Waals surface area contributed by atoms with Gasteiger partial charge >= 0.3 is 5.97 Å². The summed E-state index contributed by atoms with van der Waals surface area (Å²) in [7, 11) is 1.37. The van der Waals surface area contributed by atoms with Crippen LogP contribution in [0.2, 0.25) is 0 Å². The molecule has 1 fully saturated rings. The molecule has 1 aliphatic rings. The number of anilines is 1. The van der Waals surface area contributed by atoms with Gasteiger partial charge in [0.1, 0.15) is 11.2 Å². The molecule has 1 aliphatic heterocycles. The van der Waals surface area contributed by atoms with Gasteiger partial charge in [-0.1, -0.05) is 30.3 Å². The molecule has 140 valence electrons. The zero-order chi connectivity index (χ0) is 19.0. The number of carbonyl (C=O) groups excluding carboxylic acids is 1. The Labute approximate surface area is 153 Å². The summed E-state index contributed by atoms with van der Waals surface area (Å²) in [5.41, 5.74) is 0.277. The molecule has 9 heteroatoms. The number of rotatable bonds is 4. The average molecular weight is 373 g/mol. The minimum Gasteiger partial charge on any atom is -0.468 e. The second-order valence-electron chi connectivity index (χ2n) is 6.43. The molecule has 7 nitrogen and oxygen atoms in total. The molecule has 1 aromatic carbocycles. The Bertz CT molecular complexity index is 978. The summed E-state index contributed by atoms with van der Waals surface area (Å²) < 4.78 is 32.3. The first-order chi connectivity index (χ1) is 13.0. The number of benzene rings is 1. The van der Waals surface area contributed by atoms with Gasteiger partial charge in [0.25, 0.3) is 6.43 Å². The van der Waals surface area contributed by atoms with Crippen LogP contribution in [-0.2, 0) is 14.9 Å². The van der Waals surface area contributed by atoms with E-state index in [0.717, 1.165) is 10.1 Å². The molecule has 4 rings (SSSR count). The molecule has 2 aromatic heterocycles. The molecule has 0 N–H and O–H groups in total. The fourth-order valence-electron chi connectivity index (χ4n) is 3.58. The lowest BCUT2D eigenvalue weighted by atomic mass is 9.79. The maximum absolute atomic E-state index is 13.1. The van der Waals surface area contributed by atoms with Gasteiger partial charge in [0.05, 0.1) is 7.11 Å². The number of hydrogen-bond acceptors (Lipinski definition) is 6. The third kappa shape index (κ3) is 2.79. The summed E-state index contributed by atoms with van der Waals surface area (Å²) in [6, 6.07) is 12.7. The predicted octanol–water partition coefficient (Wildman–Crippen LogP) is 2.38. The number of methoxy groups -OCH3 is 1. The number of carbonyl (C=O) groups is 1. The summed E-state index contributed by atoms with van der Waals surface area (Å²) in [4.78, 5) is 14.5. The maximum atomic E-state index is 13.1. The smallest absolute Gasteiger partial charge is 0.318 e. The lowest BCUT2D eigenvalue weighted by molar-refractivity contribution is -0.146. The Morgan fingerprint density at radius 3 is 2.67 bits per heavy atom. The number of esters is 1. The Morgan fingerprint density at radius 1 is 1.19 bits per heavy atom. The maximum Gasteiger partial charge on any atom is 0.318 e. The first kappa shape index (κ1) is 17.3. The number of alkyl halides is 2. The number of fused-ring (bicyclic) bond motifs is 1. The molecule has 0 saturated carbocycles. The zero-order valence-corrected chi connectivity index (χ0v) is 14.5. The van der Waals surface area contributed by atoms with Crippen LogP contribution in [0.4, 0.5) is 14.6 Å². The van der Waals surface area contributed by atoms with Gasteiger partial charge in [0.15, 0.2) is 5.65 Å².